The van der Waals surface area contributed by atoms with Crippen LogP contribution < -0.4 is 5.32 Å². The summed E-state index contributed by atoms with van der Waals surface area (Å²) in [5.74, 6) is 0.561. The van der Waals surface area contributed by atoms with Crippen molar-refractivity contribution in [1.29, 1.82) is 0 Å². The molecule has 2 atom stereocenters. The summed E-state index contributed by atoms with van der Waals surface area (Å²) in [6.45, 7) is 3.49. The van der Waals surface area contributed by atoms with Gasteiger partial charge in [0.1, 0.15) is 0 Å². The lowest BCUT2D eigenvalue weighted by molar-refractivity contribution is -0.134. The highest BCUT2D eigenvalue weighted by molar-refractivity contribution is 5.81. The van der Waals surface area contributed by atoms with Crippen LogP contribution in [0.5, 0.6) is 0 Å². The highest BCUT2D eigenvalue weighted by Gasteiger charge is 2.26. The SMILES string of the molecule is CC(CC(=O)N1CCCC(CO)C1)NC(=O)C1CCCCC1. The molecule has 0 aromatic carbocycles. The smallest absolute Gasteiger partial charge is 0.224 e. The number of amides is 2. The number of nitrogens with one attached hydrogen (secondary N) is 1. The number of piperidine rings is 1. The van der Waals surface area contributed by atoms with Gasteiger partial charge < -0.3 is 15.3 Å². The van der Waals surface area contributed by atoms with Crippen molar-refractivity contribution < 1.29 is 14.7 Å². The second-order valence-corrected chi connectivity index (χ2v) is 6.98. The molecule has 1 heterocycles. The molecule has 2 rings (SSSR count). The molecule has 1 saturated heterocycles. The third-order valence-electron chi connectivity index (χ3n) is 4.98. The van der Waals surface area contributed by atoms with Crippen molar-refractivity contribution in [3.05, 3.63) is 0 Å². The molecule has 22 heavy (non-hydrogen) atoms. The first kappa shape index (κ1) is 17.3. The van der Waals surface area contributed by atoms with Crippen molar-refractivity contribution in [2.75, 3.05) is 19.7 Å². The van der Waals surface area contributed by atoms with Crippen molar-refractivity contribution in [2.24, 2.45) is 11.8 Å². The zero-order valence-electron chi connectivity index (χ0n) is 13.7. The predicted octanol–water partition coefficient (Wildman–Crippen LogP) is 1.69. The standard InChI is InChI=1S/C17H30N2O3/c1-13(18-17(22)15-7-3-2-4-8-15)10-16(21)19-9-5-6-14(11-19)12-20/h13-15,20H,2-12H2,1H3,(H,18,22). The number of hydrogen-bond acceptors (Lipinski definition) is 3. The van der Waals surface area contributed by atoms with Gasteiger partial charge in [-0.25, -0.2) is 0 Å². The number of rotatable bonds is 5. The maximum Gasteiger partial charge on any atom is 0.224 e. The second-order valence-electron chi connectivity index (χ2n) is 6.98. The van der Waals surface area contributed by atoms with E-state index in [1.165, 1.54) is 6.42 Å². The zero-order chi connectivity index (χ0) is 15.9. The molecule has 5 nitrogen and oxygen atoms in total. The topological polar surface area (TPSA) is 69.6 Å². The van der Waals surface area contributed by atoms with Gasteiger partial charge in [-0.1, -0.05) is 19.3 Å². The minimum absolute atomic E-state index is 0.0922. The minimum atomic E-state index is -0.114. The average Bonchev–Trinajstić information content (AvgIpc) is 2.55. The number of aliphatic hydroxyl groups excluding tert-OH is 1. The Morgan fingerprint density at radius 2 is 1.91 bits per heavy atom. The summed E-state index contributed by atoms with van der Waals surface area (Å²) in [5.41, 5.74) is 0. The molecule has 0 spiro atoms. The molecule has 2 unspecified atom stereocenters. The summed E-state index contributed by atoms with van der Waals surface area (Å²) in [7, 11) is 0. The quantitative estimate of drug-likeness (QED) is 0.812. The van der Waals surface area contributed by atoms with Crippen LogP contribution in [0.1, 0.15) is 58.3 Å². The molecular formula is C17H30N2O3. The van der Waals surface area contributed by atoms with Crippen molar-refractivity contribution in [1.82, 2.24) is 10.2 Å². The average molecular weight is 310 g/mol. The van der Waals surface area contributed by atoms with E-state index < -0.39 is 0 Å². The van der Waals surface area contributed by atoms with E-state index in [9.17, 15) is 14.7 Å². The Hall–Kier alpha value is -1.10. The van der Waals surface area contributed by atoms with Gasteiger partial charge in [-0.3, -0.25) is 9.59 Å². The number of carbonyl (C=O) groups excluding carboxylic acids is 2. The van der Waals surface area contributed by atoms with E-state index in [2.05, 4.69) is 5.32 Å². The molecular weight excluding hydrogens is 280 g/mol. The van der Waals surface area contributed by atoms with E-state index in [1.807, 2.05) is 11.8 Å². The van der Waals surface area contributed by atoms with Gasteiger partial charge in [0.05, 0.1) is 0 Å². The molecule has 2 amide bonds. The van der Waals surface area contributed by atoms with Crippen LogP contribution in [0.2, 0.25) is 0 Å². The van der Waals surface area contributed by atoms with Crippen LogP contribution in [0.4, 0.5) is 0 Å². The van der Waals surface area contributed by atoms with Gasteiger partial charge >= 0.3 is 0 Å². The Kier molecular flexibility index (Phi) is 6.68. The van der Waals surface area contributed by atoms with Gasteiger partial charge in [-0.15, -0.1) is 0 Å². The number of carbonyl (C=O) groups is 2. The van der Waals surface area contributed by atoms with Crippen molar-refractivity contribution >= 4 is 11.8 Å². The summed E-state index contributed by atoms with van der Waals surface area (Å²) in [5, 5.41) is 12.2. The summed E-state index contributed by atoms with van der Waals surface area (Å²) in [6, 6.07) is -0.114. The van der Waals surface area contributed by atoms with E-state index in [1.54, 1.807) is 0 Å². The Balaban J connectivity index is 1.74. The molecule has 2 N–H and O–H groups in total. The zero-order valence-corrected chi connectivity index (χ0v) is 13.7. The lowest BCUT2D eigenvalue weighted by atomic mass is 9.88. The van der Waals surface area contributed by atoms with Gasteiger partial charge in [0, 0.05) is 38.1 Å². The first-order valence-electron chi connectivity index (χ1n) is 8.79. The summed E-state index contributed by atoms with van der Waals surface area (Å²) < 4.78 is 0. The molecule has 5 heteroatoms. The monoisotopic (exact) mass is 310 g/mol. The fraction of sp³-hybridized carbons (Fsp3) is 0.882. The highest BCUT2D eigenvalue weighted by atomic mass is 16.3. The van der Waals surface area contributed by atoms with Gasteiger partial charge in [-0.2, -0.15) is 0 Å². The lowest BCUT2D eigenvalue weighted by Gasteiger charge is -2.32. The third kappa shape index (κ3) is 4.97. The fourth-order valence-corrected chi connectivity index (χ4v) is 3.61. The minimum Gasteiger partial charge on any atom is -0.396 e. The fourth-order valence-electron chi connectivity index (χ4n) is 3.61. The molecule has 1 saturated carbocycles. The molecule has 1 aliphatic heterocycles. The summed E-state index contributed by atoms with van der Waals surface area (Å²) in [4.78, 5) is 26.4. The van der Waals surface area contributed by atoms with Crippen LogP contribution in [-0.4, -0.2) is 47.6 Å². The molecule has 2 aliphatic rings. The molecule has 2 fully saturated rings. The van der Waals surface area contributed by atoms with Gasteiger partial charge in [0.2, 0.25) is 11.8 Å². The Labute approximate surface area is 133 Å². The van der Waals surface area contributed by atoms with Gasteiger partial charge in [0.25, 0.3) is 0 Å². The van der Waals surface area contributed by atoms with E-state index >= 15 is 0 Å². The first-order valence-corrected chi connectivity index (χ1v) is 8.79. The Morgan fingerprint density at radius 1 is 1.18 bits per heavy atom. The Morgan fingerprint density at radius 3 is 2.59 bits per heavy atom. The second kappa shape index (κ2) is 8.51. The molecule has 1 aliphatic carbocycles. The van der Waals surface area contributed by atoms with Crippen LogP contribution in [0.15, 0.2) is 0 Å². The van der Waals surface area contributed by atoms with E-state index in [0.717, 1.165) is 45.1 Å². The number of hydrogen-bond donors (Lipinski definition) is 2. The molecule has 0 aromatic heterocycles. The number of nitrogens with zero attached hydrogens (tertiary/aromatic N) is 1. The molecule has 0 aromatic rings. The number of likely N-dealkylation sites (tertiary alicyclic amines) is 1. The predicted molar refractivity (Wildman–Crippen MR) is 85.2 cm³/mol. The summed E-state index contributed by atoms with van der Waals surface area (Å²) in [6.07, 6.45) is 7.79. The maximum atomic E-state index is 12.3. The van der Waals surface area contributed by atoms with Crippen molar-refractivity contribution in [3.8, 4) is 0 Å². The molecule has 126 valence electrons. The van der Waals surface area contributed by atoms with Crippen molar-refractivity contribution in [3.63, 3.8) is 0 Å². The Bertz CT molecular complexity index is 380. The largest absolute Gasteiger partial charge is 0.396 e. The summed E-state index contributed by atoms with van der Waals surface area (Å²) >= 11 is 0. The van der Waals surface area contributed by atoms with Crippen LogP contribution in [0.25, 0.3) is 0 Å². The number of aliphatic hydroxyl groups is 1. The molecule has 0 bridgehead atoms. The lowest BCUT2D eigenvalue weighted by Crippen LogP contribution is -2.45. The normalized spacial score (nSPS) is 24.8. The maximum absolute atomic E-state index is 12.3. The van der Waals surface area contributed by atoms with E-state index in [0.29, 0.717) is 13.0 Å². The van der Waals surface area contributed by atoms with Gasteiger partial charge in [0.15, 0.2) is 0 Å². The molecule has 0 radical (unpaired) electrons. The van der Waals surface area contributed by atoms with Crippen molar-refractivity contribution in [2.45, 2.75) is 64.3 Å². The third-order valence-corrected chi connectivity index (χ3v) is 4.98. The van der Waals surface area contributed by atoms with Crippen LogP contribution in [0.3, 0.4) is 0 Å². The van der Waals surface area contributed by atoms with Gasteiger partial charge in [-0.05, 0) is 38.5 Å². The highest BCUT2D eigenvalue weighted by Crippen LogP contribution is 2.24. The van der Waals surface area contributed by atoms with E-state index in [4.69, 9.17) is 0 Å². The van der Waals surface area contributed by atoms with Crippen LogP contribution in [-0.2, 0) is 9.59 Å². The van der Waals surface area contributed by atoms with Crippen LogP contribution in [0, 0.1) is 11.8 Å². The van der Waals surface area contributed by atoms with Crippen LogP contribution >= 0.6 is 0 Å². The first-order chi connectivity index (χ1) is 10.6. The van der Waals surface area contributed by atoms with E-state index in [-0.39, 0.29) is 36.3 Å².